The first-order chi connectivity index (χ1) is 4.48. The Labute approximate surface area is 59.0 Å². The summed E-state index contributed by atoms with van der Waals surface area (Å²) in [7, 11) is 1.07. The first kappa shape index (κ1) is 10.0. The highest BCUT2D eigenvalue weighted by Gasteiger charge is 2.16. The van der Waals surface area contributed by atoms with Gasteiger partial charge < -0.3 is 0 Å². The Morgan fingerprint density at radius 1 is 1.70 bits per heavy atom. The molecule has 0 rings (SSSR count). The van der Waals surface area contributed by atoms with E-state index >= 15 is 0 Å². The fourth-order valence-electron chi connectivity index (χ4n) is 0.197. The van der Waals surface area contributed by atoms with E-state index < -0.39 is 24.1 Å². The molecular weight excluding hydrogens is 168 g/mol. The number of rotatable bonds is 4. The summed E-state index contributed by atoms with van der Waals surface area (Å²) in [5, 5.41) is 4.83. The predicted octanol–water partition coefficient (Wildman–Crippen LogP) is 0.896. The summed E-state index contributed by atoms with van der Waals surface area (Å²) < 4.78 is 39.6. The number of hydrogen-bond acceptors (Lipinski definition) is 4. The molecule has 0 aliphatic carbocycles. The molecule has 1 unspecified atom stereocenters. The van der Waals surface area contributed by atoms with Gasteiger partial charge in [-0.1, -0.05) is 0 Å². The largest absolute Gasteiger partial charge is 0.296 e. The van der Waals surface area contributed by atoms with Crippen LogP contribution in [0.25, 0.3) is 0 Å². The molecule has 0 aromatic rings. The quantitative estimate of drug-likeness (QED) is 0.669. The maximum absolute atomic E-state index is 11.4. The molecule has 0 fully saturated rings. The molecule has 0 aliphatic rings. The van der Waals surface area contributed by atoms with E-state index in [1.807, 2.05) is 0 Å². The molecule has 64 valence electrons. The molecule has 0 aliphatic heterocycles. The van der Waals surface area contributed by atoms with Crippen LogP contribution >= 0.6 is 11.1 Å². The average molecular weight is 177 g/mol. The lowest BCUT2D eigenvalue weighted by molar-refractivity contribution is 0.0744. The van der Waals surface area contributed by atoms with Crippen LogP contribution < -0.4 is 5.14 Å². The summed E-state index contributed by atoms with van der Waals surface area (Å²) in [5.74, 6) is 0. The van der Waals surface area contributed by atoms with Crippen molar-refractivity contribution in [2.24, 2.45) is 5.14 Å². The first-order valence-electron chi connectivity index (χ1n) is 2.29. The van der Waals surface area contributed by atoms with Crippen molar-refractivity contribution >= 4 is 11.1 Å². The summed E-state index contributed by atoms with van der Waals surface area (Å²) in [4.78, 5) is 0. The van der Waals surface area contributed by atoms with Gasteiger partial charge >= 0.3 is 0 Å². The molecule has 7 heteroatoms. The van der Waals surface area contributed by atoms with Crippen molar-refractivity contribution in [3.8, 4) is 0 Å². The minimum atomic E-state index is -3.19. The van der Waals surface area contributed by atoms with Crippen LogP contribution in [0.5, 0.6) is 0 Å². The molecule has 0 amide bonds. The van der Waals surface area contributed by atoms with Crippen LogP contribution in [-0.2, 0) is 8.37 Å². The van der Waals surface area contributed by atoms with E-state index in [4.69, 9.17) is 9.69 Å². The fourth-order valence-corrected chi connectivity index (χ4v) is 0.591. The van der Waals surface area contributed by atoms with Gasteiger partial charge in [-0.25, -0.2) is 13.9 Å². The van der Waals surface area contributed by atoms with Crippen molar-refractivity contribution in [2.45, 2.75) is 6.43 Å². The zero-order valence-corrected chi connectivity index (χ0v) is 6.11. The fraction of sp³-hybridized carbons (Fsp3) is 1.00. The van der Waals surface area contributed by atoms with Crippen LogP contribution in [0.3, 0.4) is 0 Å². The molecule has 0 heterocycles. The van der Waals surface area contributed by atoms with Crippen molar-refractivity contribution in [3.63, 3.8) is 0 Å². The molecule has 0 bridgehead atoms. The summed E-state index contributed by atoms with van der Waals surface area (Å²) in [5.41, 5.74) is 0. The van der Waals surface area contributed by atoms with Gasteiger partial charge in [0.05, 0.1) is 7.11 Å². The third kappa shape index (κ3) is 4.89. The number of hydrogen-bond donors (Lipinski definition) is 2. The van der Waals surface area contributed by atoms with Crippen molar-refractivity contribution < 1.29 is 21.7 Å². The van der Waals surface area contributed by atoms with E-state index in [1.165, 1.54) is 0 Å². The van der Waals surface area contributed by atoms with E-state index in [1.54, 1.807) is 0 Å². The Morgan fingerprint density at radius 3 is 2.50 bits per heavy atom. The van der Waals surface area contributed by atoms with Gasteiger partial charge in [-0.3, -0.25) is 12.9 Å². The van der Waals surface area contributed by atoms with Crippen LogP contribution in [0.15, 0.2) is 0 Å². The first-order valence-corrected chi connectivity index (χ1v) is 3.80. The van der Waals surface area contributed by atoms with Crippen molar-refractivity contribution in [3.05, 3.63) is 0 Å². The van der Waals surface area contributed by atoms with Crippen molar-refractivity contribution in [2.75, 3.05) is 13.7 Å². The highest BCUT2D eigenvalue weighted by atomic mass is 32.3. The SMILES string of the molecule is COS(N)(O)OCC(F)F. The maximum atomic E-state index is 11.4. The highest BCUT2D eigenvalue weighted by Crippen LogP contribution is 2.35. The van der Waals surface area contributed by atoms with Gasteiger partial charge in [0.1, 0.15) is 6.61 Å². The summed E-state index contributed by atoms with van der Waals surface area (Å²) in [6.45, 7) is -0.920. The van der Waals surface area contributed by atoms with Crippen LogP contribution in [0.2, 0.25) is 0 Å². The summed E-state index contributed by atoms with van der Waals surface area (Å²) >= 11 is -3.19. The Kier molecular flexibility index (Phi) is 4.06. The molecule has 4 nitrogen and oxygen atoms in total. The second-order valence-corrected chi connectivity index (χ2v) is 2.96. The lowest BCUT2D eigenvalue weighted by Gasteiger charge is -2.24. The molecular formula is C3H9F2NO3S. The van der Waals surface area contributed by atoms with Gasteiger partial charge in [0.15, 0.2) is 11.1 Å². The number of halogens is 2. The smallest absolute Gasteiger partial charge is 0.263 e. The normalized spacial score (nSPS) is 20.6. The van der Waals surface area contributed by atoms with Crippen LogP contribution in [0, 0.1) is 0 Å². The van der Waals surface area contributed by atoms with E-state index in [9.17, 15) is 8.78 Å². The van der Waals surface area contributed by atoms with Gasteiger partial charge in [0.2, 0.25) is 0 Å². The van der Waals surface area contributed by atoms with Gasteiger partial charge in [0, 0.05) is 0 Å². The zero-order valence-electron chi connectivity index (χ0n) is 5.29. The predicted molar refractivity (Wildman–Crippen MR) is 33.4 cm³/mol. The Morgan fingerprint density at radius 2 is 2.20 bits per heavy atom. The van der Waals surface area contributed by atoms with Crippen molar-refractivity contribution in [1.82, 2.24) is 0 Å². The van der Waals surface area contributed by atoms with Crippen molar-refractivity contribution in [1.29, 1.82) is 0 Å². The zero-order chi connectivity index (χ0) is 8.20. The monoisotopic (exact) mass is 177 g/mol. The summed E-state index contributed by atoms with van der Waals surface area (Å²) in [6, 6.07) is 0. The Bertz CT molecular complexity index is 102. The molecule has 3 N–H and O–H groups in total. The number of nitrogens with two attached hydrogens (primary N) is 1. The summed E-state index contributed by atoms with van der Waals surface area (Å²) in [6.07, 6.45) is -2.65. The minimum absolute atomic E-state index is 0.920. The molecule has 0 radical (unpaired) electrons. The average Bonchev–Trinajstić information content (AvgIpc) is 1.85. The molecule has 0 saturated heterocycles. The highest BCUT2D eigenvalue weighted by molar-refractivity contribution is 8.19. The topological polar surface area (TPSA) is 64.7 Å². The standard InChI is InChI=1S/C3H9F2NO3S/c1-8-10(6,7)9-2-3(4)5/h3,7H,2,6H2,1H3. The van der Waals surface area contributed by atoms with Crippen LogP contribution in [0.1, 0.15) is 0 Å². The van der Waals surface area contributed by atoms with Crippen LogP contribution in [-0.4, -0.2) is 24.7 Å². The Balaban J connectivity index is 3.46. The van der Waals surface area contributed by atoms with E-state index in [-0.39, 0.29) is 0 Å². The second kappa shape index (κ2) is 4.04. The Hall–Kier alpha value is 0.0500. The van der Waals surface area contributed by atoms with Gasteiger partial charge in [-0.15, -0.1) is 0 Å². The molecule has 0 saturated carbocycles. The lowest BCUT2D eigenvalue weighted by Crippen LogP contribution is -2.18. The van der Waals surface area contributed by atoms with E-state index in [2.05, 4.69) is 8.37 Å². The van der Waals surface area contributed by atoms with Crippen LogP contribution in [0.4, 0.5) is 8.78 Å². The molecule has 0 aromatic heterocycles. The van der Waals surface area contributed by atoms with Gasteiger partial charge in [-0.05, 0) is 0 Å². The maximum Gasteiger partial charge on any atom is 0.263 e. The molecule has 10 heavy (non-hydrogen) atoms. The minimum Gasteiger partial charge on any atom is -0.296 e. The van der Waals surface area contributed by atoms with E-state index in [0.717, 1.165) is 7.11 Å². The van der Waals surface area contributed by atoms with Gasteiger partial charge in [-0.2, -0.15) is 0 Å². The van der Waals surface area contributed by atoms with Gasteiger partial charge in [0.25, 0.3) is 6.43 Å². The lowest BCUT2D eigenvalue weighted by atomic mass is 10.8. The third-order valence-corrected chi connectivity index (χ3v) is 1.55. The second-order valence-electron chi connectivity index (χ2n) is 1.36. The van der Waals surface area contributed by atoms with E-state index in [0.29, 0.717) is 0 Å². The molecule has 0 spiro atoms. The third-order valence-electron chi connectivity index (χ3n) is 0.602. The number of alkyl halides is 2. The molecule has 1 atom stereocenters. The molecule has 0 aromatic carbocycles.